The number of pyridine rings is 1. The van der Waals surface area contributed by atoms with Gasteiger partial charge >= 0.3 is 6.01 Å². The Balaban J connectivity index is 0.708. The van der Waals surface area contributed by atoms with Gasteiger partial charge in [-0.05, 0) is 104 Å². The average Bonchev–Trinajstić information content (AvgIpc) is 3.92. The highest BCUT2D eigenvalue weighted by molar-refractivity contribution is 6.06. The van der Waals surface area contributed by atoms with Gasteiger partial charge in [0, 0.05) is 105 Å². The molecule has 5 aromatic rings. The first-order valence-corrected chi connectivity index (χ1v) is 24.8. The molecule has 0 radical (unpaired) electrons. The van der Waals surface area contributed by atoms with Crippen molar-refractivity contribution >= 4 is 56.8 Å². The maximum absolute atomic E-state index is 17.2. The van der Waals surface area contributed by atoms with Gasteiger partial charge in [-0.25, -0.2) is 4.39 Å². The Labute approximate surface area is 399 Å². The number of fused-ring (bicyclic) bond motifs is 5. The molecule has 2 bridgehead atoms. The highest BCUT2D eigenvalue weighted by Gasteiger charge is 2.47. The van der Waals surface area contributed by atoms with Gasteiger partial charge in [-0.2, -0.15) is 9.97 Å². The zero-order valence-electron chi connectivity index (χ0n) is 38.9. The van der Waals surface area contributed by atoms with Crippen LogP contribution in [0.3, 0.4) is 0 Å². The molecule has 7 aliphatic rings. The summed E-state index contributed by atoms with van der Waals surface area (Å²) < 4.78 is 23.7. The molecule has 12 rings (SSSR count). The number of rotatable bonds is 11. The van der Waals surface area contributed by atoms with Gasteiger partial charge in [0.05, 0.1) is 18.5 Å². The number of hydrogen-bond acceptors (Lipinski definition) is 13. The molecule has 3 atom stereocenters. The number of carbonyl (C=O) groups excluding carboxylic acids is 4. The van der Waals surface area contributed by atoms with Crippen LogP contribution in [-0.4, -0.2) is 142 Å². The second-order valence-electron chi connectivity index (χ2n) is 20.5. The highest BCUT2D eigenvalue weighted by atomic mass is 19.1. The monoisotopic (exact) mass is 936 g/mol. The van der Waals surface area contributed by atoms with Crippen LogP contribution >= 0.6 is 0 Å². The standard InChI is InChI=1S/C52H57FN10O6/c1-2-30-4-3-5-31-21-37(64)22-39(44(30)31)46-45(53)47-40(23-54-46)48(61-25-33-6-7-34(26-61)55-33)58-51(57-47)69-29-52(14-15-52)28-59-18-19-62(43(66)27-59)35-12-16-60(17-13-35)36-8-9-38-32(20-36)24-63(50(38)68)41-10-11-42(65)56-49(41)67/h3-5,8-9,20-23,33-35,41,55,64H,2,6-7,10-19,24-29H2,1H3,(H,56,65,67). The number of carbonyl (C=O) groups is 4. The Bertz CT molecular complexity index is 2930. The third kappa shape index (κ3) is 8.06. The topological polar surface area (TPSA) is 177 Å². The number of piperidine rings is 2. The minimum Gasteiger partial charge on any atom is -0.508 e. The number of aromatic nitrogens is 3. The molecule has 6 aliphatic heterocycles. The number of imide groups is 1. The fraction of sp³-hybridized carbons (Fsp3) is 0.481. The fourth-order valence-electron chi connectivity index (χ4n) is 12.1. The van der Waals surface area contributed by atoms with E-state index >= 15 is 4.39 Å². The van der Waals surface area contributed by atoms with Crippen molar-refractivity contribution in [1.29, 1.82) is 0 Å². The van der Waals surface area contributed by atoms with Gasteiger partial charge < -0.3 is 34.8 Å². The molecular weight excluding hydrogens is 880 g/mol. The third-order valence-corrected chi connectivity index (χ3v) is 16.0. The minimum atomic E-state index is -0.644. The van der Waals surface area contributed by atoms with Crippen LogP contribution in [0.15, 0.2) is 54.7 Å². The van der Waals surface area contributed by atoms with E-state index in [-0.39, 0.29) is 58.6 Å². The molecule has 0 spiro atoms. The van der Waals surface area contributed by atoms with Crippen molar-refractivity contribution in [3.63, 3.8) is 0 Å². The summed E-state index contributed by atoms with van der Waals surface area (Å²) in [5, 5.41) is 19.0. The Hall–Kier alpha value is -6.46. The van der Waals surface area contributed by atoms with E-state index in [1.807, 2.05) is 30.3 Å². The number of halogens is 1. The lowest BCUT2D eigenvalue weighted by molar-refractivity contribution is -0.140. The number of phenolic OH excluding ortho intramolecular Hbond substituents is 1. The van der Waals surface area contributed by atoms with Crippen molar-refractivity contribution in [3.8, 4) is 23.0 Å². The van der Waals surface area contributed by atoms with E-state index < -0.39 is 17.8 Å². The molecule has 8 heterocycles. The van der Waals surface area contributed by atoms with Crippen molar-refractivity contribution < 1.29 is 33.4 Å². The van der Waals surface area contributed by atoms with Crippen LogP contribution in [0.2, 0.25) is 0 Å². The molecule has 16 nitrogen and oxygen atoms in total. The van der Waals surface area contributed by atoms with Crippen LogP contribution in [0.25, 0.3) is 32.9 Å². The van der Waals surface area contributed by atoms with Crippen LogP contribution in [-0.2, 0) is 27.3 Å². The second-order valence-corrected chi connectivity index (χ2v) is 20.5. The Morgan fingerprint density at radius 2 is 1.68 bits per heavy atom. The molecular formula is C52H57FN10O6. The molecule has 1 saturated carbocycles. The summed E-state index contributed by atoms with van der Waals surface area (Å²) in [6, 6.07) is 15.3. The zero-order valence-corrected chi connectivity index (χ0v) is 38.9. The van der Waals surface area contributed by atoms with E-state index in [0.717, 1.165) is 105 Å². The maximum atomic E-state index is 17.2. The number of aromatic hydroxyl groups is 1. The summed E-state index contributed by atoms with van der Waals surface area (Å²) in [4.78, 5) is 76.2. The van der Waals surface area contributed by atoms with Gasteiger partial charge in [0.1, 0.15) is 28.8 Å². The van der Waals surface area contributed by atoms with E-state index in [4.69, 9.17) is 19.7 Å². The Kier molecular flexibility index (Phi) is 10.9. The summed E-state index contributed by atoms with van der Waals surface area (Å²) in [5.74, 6) is -0.692. The Morgan fingerprint density at radius 1 is 0.870 bits per heavy atom. The number of benzene rings is 3. The lowest BCUT2D eigenvalue weighted by Gasteiger charge is -2.43. The summed E-state index contributed by atoms with van der Waals surface area (Å²) in [7, 11) is 0. The van der Waals surface area contributed by atoms with Gasteiger partial charge in [-0.15, -0.1) is 0 Å². The van der Waals surface area contributed by atoms with Gasteiger partial charge in [-0.1, -0.05) is 25.1 Å². The molecule has 2 aromatic heterocycles. The normalized spacial score (nSPS) is 23.9. The molecule has 3 aromatic carbocycles. The first-order valence-electron chi connectivity index (χ1n) is 24.8. The molecule has 3 unspecified atom stereocenters. The highest BCUT2D eigenvalue weighted by Crippen LogP contribution is 2.47. The number of aryl methyl sites for hydroxylation is 1. The molecule has 69 heavy (non-hydrogen) atoms. The average molecular weight is 937 g/mol. The molecule has 5 saturated heterocycles. The summed E-state index contributed by atoms with van der Waals surface area (Å²) in [5.41, 5.74) is 4.14. The van der Waals surface area contributed by atoms with E-state index in [1.165, 1.54) is 0 Å². The van der Waals surface area contributed by atoms with Crippen LogP contribution < -0.4 is 25.2 Å². The molecule has 17 heteroatoms. The number of nitrogens with one attached hydrogen (secondary N) is 2. The van der Waals surface area contributed by atoms with Crippen LogP contribution in [0.4, 0.5) is 15.9 Å². The van der Waals surface area contributed by atoms with Gasteiger partial charge in [0.15, 0.2) is 5.82 Å². The lowest BCUT2D eigenvalue weighted by Crippen LogP contribution is -2.57. The molecule has 4 amide bonds. The first kappa shape index (κ1) is 43.8. The quantitative estimate of drug-likeness (QED) is 0.152. The Morgan fingerprint density at radius 3 is 2.43 bits per heavy atom. The summed E-state index contributed by atoms with van der Waals surface area (Å²) in [6.45, 7) is 8.26. The number of piperazine rings is 2. The predicted molar refractivity (Wildman–Crippen MR) is 256 cm³/mol. The fourth-order valence-corrected chi connectivity index (χ4v) is 12.1. The minimum absolute atomic E-state index is 0.0337. The van der Waals surface area contributed by atoms with Crippen molar-refractivity contribution in [2.24, 2.45) is 5.41 Å². The number of hydrogen-bond donors (Lipinski definition) is 3. The second kappa shape index (κ2) is 17.2. The molecule has 6 fully saturated rings. The van der Waals surface area contributed by atoms with Crippen LogP contribution in [0.5, 0.6) is 11.8 Å². The third-order valence-electron chi connectivity index (χ3n) is 16.0. The number of amides is 4. The van der Waals surface area contributed by atoms with Crippen LogP contribution in [0, 0.1) is 11.2 Å². The van der Waals surface area contributed by atoms with Crippen molar-refractivity contribution in [2.75, 3.05) is 68.8 Å². The van der Waals surface area contributed by atoms with E-state index in [1.54, 1.807) is 23.2 Å². The number of anilines is 2. The summed E-state index contributed by atoms with van der Waals surface area (Å²) in [6.07, 6.45) is 8.67. The van der Waals surface area contributed by atoms with Crippen LogP contribution in [0.1, 0.15) is 79.8 Å². The maximum Gasteiger partial charge on any atom is 0.319 e. The van der Waals surface area contributed by atoms with Crippen molar-refractivity contribution in [2.45, 2.75) is 95.4 Å². The van der Waals surface area contributed by atoms with Gasteiger partial charge in [0.2, 0.25) is 17.7 Å². The molecule has 1 aliphatic carbocycles. The van der Waals surface area contributed by atoms with E-state index in [0.29, 0.717) is 73.6 Å². The van der Waals surface area contributed by atoms with Crippen molar-refractivity contribution in [1.82, 2.24) is 40.3 Å². The molecule has 3 N–H and O–H groups in total. The SMILES string of the molecule is CCc1cccc2cc(O)cc(-c3ncc4c(N5CC6CCC(C5)N6)nc(OCC5(CN6CCN(C7CCN(c8ccc9c(c8)CN(C8CCC(=O)NC8=O)C9=O)CC7)C(=O)C6)CC5)nc4c3F)c12. The predicted octanol–water partition coefficient (Wildman–Crippen LogP) is 4.93. The largest absolute Gasteiger partial charge is 0.508 e. The van der Waals surface area contributed by atoms with Gasteiger partial charge in [-0.3, -0.25) is 34.4 Å². The smallest absolute Gasteiger partial charge is 0.319 e. The van der Waals surface area contributed by atoms with E-state index in [9.17, 15) is 24.3 Å². The first-order chi connectivity index (χ1) is 33.5. The summed E-state index contributed by atoms with van der Waals surface area (Å²) >= 11 is 0. The number of phenols is 1. The van der Waals surface area contributed by atoms with Crippen molar-refractivity contribution in [3.05, 3.63) is 77.2 Å². The lowest BCUT2D eigenvalue weighted by atomic mass is 9.95. The molecule has 358 valence electrons. The van der Waals surface area contributed by atoms with E-state index in [2.05, 4.69) is 43.2 Å². The zero-order chi connectivity index (χ0) is 47.1. The number of nitrogens with zero attached hydrogens (tertiary/aromatic N) is 8. The van der Waals surface area contributed by atoms with Gasteiger partial charge in [0.25, 0.3) is 5.91 Å². The number of ether oxygens (including phenoxy) is 1.